The van der Waals surface area contributed by atoms with Crippen molar-refractivity contribution < 1.29 is 9.57 Å². The smallest absolute Gasteiger partial charge is 0.379 e. The Morgan fingerprint density at radius 3 is 2.75 bits per heavy atom. The van der Waals surface area contributed by atoms with Crippen LogP contribution in [0.4, 0.5) is 0 Å². The summed E-state index contributed by atoms with van der Waals surface area (Å²) >= 11 is 0. The van der Waals surface area contributed by atoms with Crippen molar-refractivity contribution in [1.82, 2.24) is 15.7 Å². The third-order valence-corrected chi connectivity index (χ3v) is 1.73. The second kappa shape index (κ2) is 3.12. The van der Waals surface area contributed by atoms with E-state index in [1.54, 1.807) is 5.12 Å². The molecule has 0 radical (unpaired) electrons. The fourth-order valence-electron chi connectivity index (χ4n) is 1.12. The second-order valence-electron chi connectivity index (χ2n) is 2.55. The Morgan fingerprint density at radius 1 is 1.42 bits per heavy atom. The van der Waals surface area contributed by atoms with E-state index in [1.807, 2.05) is 5.01 Å². The molecule has 0 aliphatic carbocycles. The Balaban J connectivity index is 1.91. The van der Waals surface area contributed by atoms with E-state index in [1.165, 1.54) is 0 Å². The minimum Gasteiger partial charge on any atom is -0.379 e. The molecule has 0 saturated carbocycles. The van der Waals surface area contributed by atoms with E-state index in [-0.39, 0.29) is 5.88 Å². The van der Waals surface area contributed by atoms with E-state index >= 15 is 0 Å². The molecule has 2 heterocycles. The van der Waals surface area contributed by atoms with Gasteiger partial charge in [-0.1, -0.05) is 0 Å². The maximum absolute atomic E-state index is 5.35. The van der Waals surface area contributed by atoms with Gasteiger partial charge in [0.15, 0.2) is 0 Å². The van der Waals surface area contributed by atoms with Crippen LogP contribution >= 0.6 is 0 Å². The van der Waals surface area contributed by atoms with Gasteiger partial charge in [-0.25, -0.2) is 0 Å². The highest BCUT2D eigenvalue weighted by molar-refractivity contribution is 4.80. The molecule has 3 N–H and O–H groups in total. The standard InChI is InChI=1S/C6H11N4O2/c7-6-5-10(8-12-6)9-1-3-11-4-2-9/h8H,1-4,7H2/q+1. The largest absolute Gasteiger partial charge is 0.496 e. The van der Waals surface area contributed by atoms with Crippen molar-refractivity contribution in [3.63, 3.8) is 0 Å². The molecule has 0 bridgehead atoms. The molecule has 2 aliphatic rings. The van der Waals surface area contributed by atoms with Crippen molar-refractivity contribution in [2.45, 2.75) is 0 Å². The van der Waals surface area contributed by atoms with E-state index in [9.17, 15) is 0 Å². The number of hydrazine groups is 2. The molecule has 0 spiro atoms. The summed E-state index contributed by atoms with van der Waals surface area (Å²) in [6.07, 6.45) is 2.79. The van der Waals surface area contributed by atoms with Crippen LogP contribution in [0.15, 0.2) is 5.88 Å². The Kier molecular flexibility index (Phi) is 1.97. The number of rotatable bonds is 1. The van der Waals surface area contributed by atoms with Gasteiger partial charge in [-0.3, -0.25) is 0 Å². The summed E-state index contributed by atoms with van der Waals surface area (Å²) < 4.78 is 5.18. The Bertz CT molecular complexity index is 190. The summed E-state index contributed by atoms with van der Waals surface area (Å²) in [6, 6.07) is 0. The number of morpholine rings is 1. The zero-order chi connectivity index (χ0) is 8.39. The highest BCUT2D eigenvalue weighted by Crippen LogP contribution is 2.05. The van der Waals surface area contributed by atoms with E-state index in [0.29, 0.717) is 0 Å². The number of nitrogens with two attached hydrogens (primary N) is 1. The van der Waals surface area contributed by atoms with E-state index in [2.05, 4.69) is 11.8 Å². The maximum Gasteiger partial charge on any atom is 0.496 e. The summed E-state index contributed by atoms with van der Waals surface area (Å²) in [7, 11) is 0. The molecule has 66 valence electrons. The molecule has 0 aromatic carbocycles. The molecule has 2 aliphatic heterocycles. The molecule has 0 aromatic heterocycles. The van der Waals surface area contributed by atoms with Crippen LogP contribution in [-0.4, -0.2) is 36.4 Å². The second-order valence-corrected chi connectivity index (χ2v) is 2.55. The molecular formula is C6H11N4O2+. The summed E-state index contributed by atoms with van der Waals surface area (Å²) in [4.78, 5) is 4.80. The molecular weight excluding hydrogens is 160 g/mol. The van der Waals surface area contributed by atoms with Crippen LogP contribution in [0, 0.1) is 6.20 Å². The van der Waals surface area contributed by atoms with Crippen molar-refractivity contribution in [2.75, 3.05) is 26.3 Å². The summed E-state index contributed by atoms with van der Waals surface area (Å²) in [5.41, 5.74) is 7.96. The molecule has 1 fully saturated rings. The van der Waals surface area contributed by atoms with Crippen LogP contribution in [-0.2, 0) is 9.57 Å². The normalized spacial score (nSPS) is 24.7. The van der Waals surface area contributed by atoms with E-state index in [0.717, 1.165) is 26.3 Å². The maximum atomic E-state index is 5.35. The lowest BCUT2D eigenvalue weighted by molar-refractivity contribution is -0.144. The average Bonchev–Trinajstić information content (AvgIpc) is 2.54. The molecule has 0 aromatic rings. The fraction of sp³-hybridized carbons (Fsp3) is 0.667. The number of ether oxygens (including phenoxy) is 1. The minimum atomic E-state index is 0.251. The van der Waals surface area contributed by atoms with E-state index in [4.69, 9.17) is 15.3 Å². The molecule has 6 nitrogen and oxygen atoms in total. The number of hydrogen-bond donors (Lipinski definition) is 2. The monoisotopic (exact) mass is 171 g/mol. The third-order valence-electron chi connectivity index (χ3n) is 1.73. The predicted octanol–water partition coefficient (Wildman–Crippen LogP) is -1.45. The molecule has 12 heavy (non-hydrogen) atoms. The first-order valence-corrected chi connectivity index (χ1v) is 3.80. The Hall–Kier alpha value is -1.07. The Labute approximate surface area is 70.4 Å². The molecule has 0 amide bonds. The average molecular weight is 171 g/mol. The first kappa shape index (κ1) is 7.57. The van der Waals surface area contributed by atoms with Crippen molar-refractivity contribution >= 4 is 0 Å². The number of nitrogens with zero attached hydrogens (tertiary/aromatic N) is 2. The van der Waals surface area contributed by atoms with Crippen LogP contribution in [0.3, 0.4) is 0 Å². The quantitative estimate of drug-likeness (QED) is 0.470. The lowest BCUT2D eigenvalue weighted by Gasteiger charge is -2.25. The van der Waals surface area contributed by atoms with Crippen LogP contribution in [0.2, 0.25) is 0 Å². The fourth-order valence-corrected chi connectivity index (χ4v) is 1.12. The van der Waals surface area contributed by atoms with Crippen molar-refractivity contribution in [2.24, 2.45) is 5.73 Å². The number of hydrogen-bond acceptors (Lipinski definition) is 6. The van der Waals surface area contributed by atoms with Crippen molar-refractivity contribution in [3.8, 4) is 0 Å². The third kappa shape index (κ3) is 1.41. The summed E-state index contributed by atoms with van der Waals surface area (Å²) in [6.45, 7) is 3.08. The highest BCUT2D eigenvalue weighted by Gasteiger charge is 2.33. The molecule has 6 heteroatoms. The lowest BCUT2D eigenvalue weighted by Crippen LogP contribution is -2.50. The van der Waals surface area contributed by atoms with Gasteiger partial charge in [0.2, 0.25) is 0 Å². The van der Waals surface area contributed by atoms with Gasteiger partial charge >= 0.3 is 12.1 Å². The zero-order valence-corrected chi connectivity index (χ0v) is 6.62. The summed E-state index contributed by atoms with van der Waals surface area (Å²) in [5.74, 6) is 0.251. The predicted molar refractivity (Wildman–Crippen MR) is 39.4 cm³/mol. The van der Waals surface area contributed by atoms with Crippen molar-refractivity contribution in [3.05, 3.63) is 12.1 Å². The molecule has 1 saturated heterocycles. The molecule has 0 unspecified atom stereocenters. The van der Waals surface area contributed by atoms with E-state index < -0.39 is 0 Å². The molecule has 0 atom stereocenters. The van der Waals surface area contributed by atoms with Gasteiger partial charge in [-0.05, 0) is 0 Å². The minimum absolute atomic E-state index is 0.251. The van der Waals surface area contributed by atoms with Crippen LogP contribution in [0.1, 0.15) is 0 Å². The lowest BCUT2D eigenvalue weighted by atomic mass is 10.5. The SMILES string of the molecule is NC1=[C+]N(N2CCOCC2)NO1. The van der Waals surface area contributed by atoms with Gasteiger partial charge in [0.25, 0.3) is 0 Å². The topological polar surface area (TPSA) is 63.0 Å². The first-order valence-electron chi connectivity index (χ1n) is 3.80. The van der Waals surface area contributed by atoms with Crippen LogP contribution in [0.5, 0.6) is 0 Å². The van der Waals surface area contributed by atoms with Gasteiger partial charge < -0.3 is 15.3 Å². The van der Waals surface area contributed by atoms with Gasteiger partial charge in [0.05, 0.1) is 13.2 Å². The highest BCUT2D eigenvalue weighted by atomic mass is 16.7. The van der Waals surface area contributed by atoms with Crippen LogP contribution < -0.4 is 11.3 Å². The number of nitrogens with one attached hydrogen (secondary N) is 1. The van der Waals surface area contributed by atoms with Gasteiger partial charge in [-0.2, -0.15) is 5.01 Å². The summed E-state index contributed by atoms with van der Waals surface area (Å²) in [5, 5.41) is 3.61. The van der Waals surface area contributed by atoms with Crippen molar-refractivity contribution in [1.29, 1.82) is 0 Å². The molecule has 2 rings (SSSR count). The Morgan fingerprint density at radius 2 is 2.17 bits per heavy atom. The van der Waals surface area contributed by atoms with Gasteiger partial charge in [-0.15, -0.1) is 0 Å². The van der Waals surface area contributed by atoms with Crippen LogP contribution in [0.25, 0.3) is 0 Å². The van der Waals surface area contributed by atoms with Gasteiger partial charge in [0.1, 0.15) is 0 Å². The zero-order valence-electron chi connectivity index (χ0n) is 6.62. The first-order chi connectivity index (χ1) is 5.86. The van der Waals surface area contributed by atoms with Gasteiger partial charge in [0, 0.05) is 23.8 Å².